The molecule has 1 aliphatic rings. The second kappa shape index (κ2) is 7.24. The predicted octanol–water partition coefficient (Wildman–Crippen LogP) is 0.597. The molecule has 2 aromatic rings. The largest absolute Gasteiger partial charge is 0.295 e. The minimum atomic E-state index is -3.05. The fraction of sp³-hybridized carbons (Fsp3) is 0.312. The maximum absolute atomic E-state index is 13.0. The van der Waals surface area contributed by atoms with E-state index in [1.807, 2.05) is 0 Å². The molecule has 0 bridgehead atoms. The molecule has 26 heavy (non-hydrogen) atoms. The molecule has 2 N–H and O–H groups in total. The van der Waals surface area contributed by atoms with Crippen molar-refractivity contribution in [1.29, 1.82) is 0 Å². The highest BCUT2D eigenvalue weighted by molar-refractivity contribution is 7.91. The van der Waals surface area contributed by atoms with Gasteiger partial charge in [-0.1, -0.05) is 0 Å². The minimum Gasteiger partial charge on any atom is -0.295 e. The van der Waals surface area contributed by atoms with Gasteiger partial charge in [-0.3, -0.25) is 25.0 Å². The lowest BCUT2D eigenvalue weighted by Gasteiger charge is -2.11. The molecule has 1 fully saturated rings. The van der Waals surface area contributed by atoms with E-state index in [9.17, 15) is 22.4 Å². The summed E-state index contributed by atoms with van der Waals surface area (Å²) in [4.78, 5) is 28.0. The number of nitrogens with zero attached hydrogens (tertiary/aromatic N) is 2. The van der Waals surface area contributed by atoms with Gasteiger partial charge in [-0.05, 0) is 36.6 Å². The van der Waals surface area contributed by atoms with Crippen molar-refractivity contribution in [3.05, 3.63) is 48.3 Å². The van der Waals surface area contributed by atoms with Crippen LogP contribution < -0.4 is 10.9 Å². The standard InChI is InChI=1S/C16H17FN4O4S/c17-12-1-3-13(4-2-12)21-10-18-8-14(21)16(23)20-19-15(22)7-11-5-6-26(24,25)9-11/h1-4,8,10-11H,5-7,9H2,(H,19,22)(H,20,23)/t11-/m1/s1. The molecule has 2 heterocycles. The molecule has 0 spiro atoms. The number of benzene rings is 1. The molecule has 1 saturated heterocycles. The van der Waals surface area contributed by atoms with Crippen molar-refractivity contribution in [2.24, 2.45) is 5.92 Å². The number of imidazole rings is 1. The highest BCUT2D eigenvalue weighted by Crippen LogP contribution is 2.21. The minimum absolute atomic E-state index is 0.00823. The first kappa shape index (κ1) is 18.1. The number of carbonyl (C=O) groups excluding carboxylic acids is 2. The average Bonchev–Trinajstić information content (AvgIpc) is 3.20. The van der Waals surface area contributed by atoms with Crippen LogP contribution in [0, 0.1) is 11.7 Å². The van der Waals surface area contributed by atoms with Crippen LogP contribution in [0.4, 0.5) is 4.39 Å². The Morgan fingerprint density at radius 1 is 1.23 bits per heavy atom. The third-order valence-electron chi connectivity index (χ3n) is 4.09. The normalized spacial score (nSPS) is 18.4. The Balaban J connectivity index is 1.58. The number of nitrogens with one attached hydrogen (secondary N) is 2. The predicted molar refractivity (Wildman–Crippen MR) is 90.5 cm³/mol. The lowest BCUT2D eigenvalue weighted by atomic mass is 10.1. The molecule has 0 aliphatic carbocycles. The molecule has 1 aromatic carbocycles. The van der Waals surface area contributed by atoms with Crippen molar-refractivity contribution >= 4 is 21.7 Å². The third-order valence-corrected chi connectivity index (χ3v) is 5.93. The van der Waals surface area contributed by atoms with E-state index in [0.29, 0.717) is 12.1 Å². The summed E-state index contributed by atoms with van der Waals surface area (Å²) >= 11 is 0. The van der Waals surface area contributed by atoms with E-state index in [-0.39, 0.29) is 29.5 Å². The zero-order valence-corrected chi connectivity index (χ0v) is 14.5. The van der Waals surface area contributed by atoms with Gasteiger partial charge in [-0.25, -0.2) is 17.8 Å². The summed E-state index contributed by atoms with van der Waals surface area (Å²) in [5, 5.41) is 0. The van der Waals surface area contributed by atoms with E-state index in [0.717, 1.165) is 0 Å². The Morgan fingerprint density at radius 3 is 2.62 bits per heavy atom. The van der Waals surface area contributed by atoms with Gasteiger partial charge in [0, 0.05) is 12.1 Å². The van der Waals surface area contributed by atoms with Gasteiger partial charge < -0.3 is 0 Å². The van der Waals surface area contributed by atoms with Crippen molar-refractivity contribution in [2.75, 3.05) is 11.5 Å². The number of halogens is 1. The summed E-state index contributed by atoms with van der Waals surface area (Å²) in [5.74, 6) is -1.62. The Morgan fingerprint density at radius 2 is 1.96 bits per heavy atom. The van der Waals surface area contributed by atoms with Crippen molar-refractivity contribution in [1.82, 2.24) is 20.4 Å². The van der Waals surface area contributed by atoms with Crippen LogP contribution in [0.15, 0.2) is 36.8 Å². The van der Waals surface area contributed by atoms with Crippen LogP contribution in [0.1, 0.15) is 23.3 Å². The SMILES string of the molecule is O=C(C[C@H]1CCS(=O)(=O)C1)NNC(=O)c1cncn1-c1ccc(F)cc1. The molecule has 0 unspecified atom stereocenters. The molecule has 138 valence electrons. The molecule has 3 rings (SSSR count). The Bertz CT molecular complexity index is 924. The molecular formula is C16H17FN4O4S. The number of carbonyl (C=O) groups is 2. The first-order chi connectivity index (χ1) is 12.3. The first-order valence-electron chi connectivity index (χ1n) is 7.92. The monoisotopic (exact) mass is 380 g/mol. The van der Waals surface area contributed by atoms with Crippen molar-refractivity contribution < 1.29 is 22.4 Å². The average molecular weight is 380 g/mol. The first-order valence-corrected chi connectivity index (χ1v) is 9.74. The van der Waals surface area contributed by atoms with Gasteiger partial charge in [0.25, 0.3) is 5.91 Å². The molecule has 0 saturated carbocycles. The van der Waals surface area contributed by atoms with Crippen LogP contribution in [0.25, 0.3) is 5.69 Å². The maximum atomic E-state index is 13.0. The van der Waals surface area contributed by atoms with Crippen LogP contribution in [-0.2, 0) is 14.6 Å². The fourth-order valence-electron chi connectivity index (χ4n) is 2.81. The molecular weight excluding hydrogens is 363 g/mol. The van der Waals surface area contributed by atoms with Gasteiger partial charge >= 0.3 is 0 Å². The van der Waals surface area contributed by atoms with Crippen LogP contribution in [-0.4, -0.2) is 41.3 Å². The molecule has 0 radical (unpaired) electrons. The van der Waals surface area contributed by atoms with E-state index in [4.69, 9.17) is 0 Å². The van der Waals surface area contributed by atoms with E-state index in [1.54, 1.807) is 0 Å². The third kappa shape index (κ3) is 4.26. The van der Waals surface area contributed by atoms with Crippen LogP contribution >= 0.6 is 0 Å². The zero-order valence-electron chi connectivity index (χ0n) is 13.7. The Labute approximate surface area is 149 Å². The molecule has 2 amide bonds. The van der Waals surface area contributed by atoms with Gasteiger partial charge in [0.15, 0.2) is 9.84 Å². The number of sulfone groups is 1. The fourth-order valence-corrected chi connectivity index (χ4v) is 4.67. The molecule has 8 nitrogen and oxygen atoms in total. The van der Waals surface area contributed by atoms with E-state index >= 15 is 0 Å². The topological polar surface area (TPSA) is 110 Å². The zero-order chi connectivity index (χ0) is 18.7. The van der Waals surface area contributed by atoms with Gasteiger partial charge in [0.1, 0.15) is 11.5 Å². The van der Waals surface area contributed by atoms with Crippen LogP contribution in [0.5, 0.6) is 0 Å². The Kier molecular flexibility index (Phi) is 5.03. The molecule has 1 aromatic heterocycles. The van der Waals surface area contributed by atoms with Crippen molar-refractivity contribution in [2.45, 2.75) is 12.8 Å². The van der Waals surface area contributed by atoms with Crippen LogP contribution in [0.3, 0.4) is 0 Å². The summed E-state index contributed by atoms with van der Waals surface area (Å²) in [6.45, 7) is 0. The number of rotatable bonds is 4. The Hall–Kier alpha value is -2.75. The highest BCUT2D eigenvalue weighted by atomic mass is 32.2. The summed E-state index contributed by atoms with van der Waals surface area (Å²) < 4.78 is 37.3. The van der Waals surface area contributed by atoms with Gasteiger partial charge in [-0.15, -0.1) is 0 Å². The molecule has 1 atom stereocenters. The highest BCUT2D eigenvalue weighted by Gasteiger charge is 2.29. The second-order valence-corrected chi connectivity index (χ2v) is 8.33. The van der Waals surface area contributed by atoms with Gasteiger partial charge in [0.05, 0.1) is 24.0 Å². The summed E-state index contributed by atoms with van der Waals surface area (Å²) in [5.41, 5.74) is 5.25. The number of hydrogen-bond acceptors (Lipinski definition) is 5. The summed E-state index contributed by atoms with van der Waals surface area (Å²) in [7, 11) is -3.05. The number of hydrazine groups is 1. The lowest BCUT2D eigenvalue weighted by Crippen LogP contribution is -2.42. The second-order valence-electron chi connectivity index (χ2n) is 6.10. The van der Waals surface area contributed by atoms with Crippen molar-refractivity contribution in [3.63, 3.8) is 0 Å². The lowest BCUT2D eigenvalue weighted by molar-refractivity contribution is -0.122. The van der Waals surface area contributed by atoms with E-state index in [1.165, 1.54) is 41.4 Å². The number of aromatic nitrogens is 2. The smallest absolute Gasteiger partial charge is 0.288 e. The van der Waals surface area contributed by atoms with Gasteiger partial charge in [0.2, 0.25) is 5.91 Å². The summed E-state index contributed by atoms with van der Waals surface area (Å²) in [6, 6.07) is 5.50. The quantitative estimate of drug-likeness (QED) is 0.755. The number of amides is 2. The summed E-state index contributed by atoms with van der Waals surface area (Å²) in [6.07, 6.45) is 3.18. The van der Waals surface area contributed by atoms with Gasteiger partial charge in [-0.2, -0.15) is 0 Å². The van der Waals surface area contributed by atoms with Crippen molar-refractivity contribution in [3.8, 4) is 5.69 Å². The molecule has 10 heteroatoms. The van der Waals surface area contributed by atoms with E-state index < -0.39 is 27.5 Å². The van der Waals surface area contributed by atoms with Crippen LogP contribution in [0.2, 0.25) is 0 Å². The van der Waals surface area contributed by atoms with E-state index in [2.05, 4.69) is 15.8 Å². The number of hydrogen-bond donors (Lipinski definition) is 2. The maximum Gasteiger partial charge on any atom is 0.288 e. The molecule has 1 aliphatic heterocycles.